The van der Waals surface area contributed by atoms with E-state index in [1.165, 1.54) is 36.0 Å². The highest BCUT2D eigenvalue weighted by Crippen LogP contribution is 2.29. The number of nitro benzene ring substituents is 1. The molecule has 1 aromatic carbocycles. The van der Waals surface area contributed by atoms with E-state index in [-0.39, 0.29) is 11.4 Å². The maximum Gasteiger partial charge on any atom is 0.269 e. The molecule has 3 N–H and O–H groups in total. The maximum absolute atomic E-state index is 10.5. The minimum Gasteiger partial charge on any atom is -0.477 e. The molecule has 0 radical (unpaired) electrons. The Bertz CT molecular complexity index is 453. The van der Waals surface area contributed by atoms with Crippen LogP contribution in [0.5, 0.6) is 5.75 Å². The van der Waals surface area contributed by atoms with E-state index in [4.69, 9.17) is 4.74 Å². The molecule has 4 atom stereocenters. The summed E-state index contributed by atoms with van der Waals surface area (Å²) in [7, 11) is 0. The molecular formula is C11H13NO6S. The molecule has 0 unspecified atom stereocenters. The van der Waals surface area contributed by atoms with Gasteiger partial charge in [-0.25, -0.2) is 0 Å². The van der Waals surface area contributed by atoms with Crippen LogP contribution in [0.4, 0.5) is 5.69 Å². The van der Waals surface area contributed by atoms with Crippen LogP contribution >= 0.6 is 11.8 Å². The van der Waals surface area contributed by atoms with E-state index in [0.717, 1.165) is 0 Å². The molecule has 7 nitrogen and oxygen atoms in total. The Kier molecular flexibility index (Phi) is 4.25. The SMILES string of the molecule is O=[N+]([O-])c1ccc(O[C@@H]2SC[C@@H](O)[C@H](O)[C@H]2O)cc1. The average molecular weight is 287 g/mol. The fourth-order valence-electron chi connectivity index (χ4n) is 1.66. The third kappa shape index (κ3) is 3.16. The smallest absolute Gasteiger partial charge is 0.269 e. The lowest BCUT2D eigenvalue weighted by molar-refractivity contribution is -0.384. The normalized spacial score (nSPS) is 30.9. The molecule has 0 amide bonds. The second kappa shape index (κ2) is 5.74. The average Bonchev–Trinajstić information content (AvgIpc) is 2.40. The van der Waals surface area contributed by atoms with E-state index in [1.54, 1.807) is 0 Å². The van der Waals surface area contributed by atoms with Crippen LogP contribution in [0.1, 0.15) is 0 Å². The van der Waals surface area contributed by atoms with Crippen molar-refractivity contribution in [2.45, 2.75) is 23.7 Å². The topological polar surface area (TPSA) is 113 Å². The Morgan fingerprint density at radius 2 is 1.84 bits per heavy atom. The Hall–Kier alpha value is -1.35. The van der Waals surface area contributed by atoms with Gasteiger partial charge in [-0.05, 0) is 12.1 Å². The van der Waals surface area contributed by atoms with Crippen LogP contribution in [0.3, 0.4) is 0 Å². The molecule has 0 aliphatic carbocycles. The number of nitro groups is 1. The lowest BCUT2D eigenvalue weighted by Gasteiger charge is -2.34. The number of thioether (sulfide) groups is 1. The molecule has 1 fully saturated rings. The van der Waals surface area contributed by atoms with E-state index in [9.17, 15) is 25.4 Å². The molecule has 0 aromatic heterocycles. The number of benzene rings is 1. The van der Waals surface area contributed by atoms with E-state index in [1.807, 2.05) is 0 Å². The number of hydrogen-bond acceptors (Lipinski definition) is 7. The second-order valence-electron chi connectivity index (χ2n) is 4.12. The summed E-state index contributed by atoms with van der Waals surface area (Å²) in [5.74, 6) is 0.598. The van der Waals surface area contributed by atoms with Crippen molar-refractivity contribution in [2.75, 3.05) is 5.75 Å². The minimum atomic E-state index is -1.26. The molecule has 104 valence electrons. The van der Waals surface area contributed by atoms with Crippen LogP contribution in [0.25, 0.3) is 0 Å². The monoisotopic (exact) mass is 287 g/mol. The quantitative estimate of drug-likeness (QED) is 0.535. The highest BCUT2D eigenvalue weighted by atomic mass is 32.2. The zero-order chi connectivity index (χ0) is 14.0. The molecular weight excluding hydrogens is 274 g/mol. The summed E-state index contributed by atoms with van der Waals surface area (Å²) in [5, 5.41) is 39.1. The first-order valence-corrected chi connectivity index (χ1v) is 6.61. The van der Waals surface area contributed by atoms with Gasteiger partial charge in [0.25, 0.3) is 5.69 Å². The minimum absolute atomic E-state index is 0.0559. The van der Waals surface area contributed by atoms with E-state index < -0.39 is 28.7 Å². The van der Waals surface area contributed by atoms with Gasteiger partial charge in [0.05, 0.1) is 11.0 Å². The van der Waals surface area contributed by atoms with Crippen molar-refractivity contribution in [2.24, 2.45) is 0 Å². The van der Waals surface area contributed by atoms with Crippen molar-refractivity contribution < 1.29 is 25.0 Å². The van der Waals surface area contributed by atoms with Gasteiger partial charge >= 0.3 is 0 Å². The third-order valence-electron chi connectivity index (χ3n) is 2.75. The largest absolute Gasteiger partial charge is 0.477 e. The standard InChI is InChI=1S/C11H13NO6S/c13-8-5-19-11(10(15)9(8)14)18-7-3-1-6(2-4-7)12(16)17/h1-4,8-11,13-15H,5H2/t8-,9+,10-,11-/m1/s1. The van der Waals surface area contributed by atoms with Gasteiger partial charge in [-0.2, -0.15) is 0 Å². The fourth-order valence-corrected chi connectivity index (χ4v) is 2.78. The van der Waals surface area contributed by atoms with Crippen LogP contribution in [0.2, 0.25) is 0 Å². The summed E-state index contributed by atoms with van der Waals surface area (Å²) in [6.07, 6.45) is -3.47. The van der Waals surface area contributed by atoms with Crippen molar-refractivity contribution in [1.82, 2.24) is 0 Å². The summed E-state index contributed by atoms with van der Waals surface area (Å²) in [6, 6.07) is 5.42. The first-order valence-electron chi connectivity index (χ1n) is 5.56. The fraction of sp³-hybridized carbons (Fsp3) is 0.455. The predicted molar refractivity (Wildman–Crippen MR) is 68.0 cm³/mol. The number of hydrogen-bond donors (Lipinski definition) is 3. The molecule has 1 aromatic rings. The summed E-state index contributed by atoms with van der Waals surface area (Å²) in [5.41, 5.74) is -0.778. The summed E-state index contributed by atoms with van der Waals surface area (Å²) < 4.78 is 5.44. The maximum atomic E-state index is 10.5. The first-order chi connectivity index (χ1) is 8.99. The van der Waals surface area contributed by atoms with Gasteiger partial charge in [0.2, 0.25) is 0 Å². The summed E-state index contributed by atoms with van der Waals surface area (Å²) in [6.45, 7) is 0. The molecule has 8 heteroatoms. The van der Waals surface area contributed by atoms with Crippen LogP contribution in [0.15, 0.2) is 24.3 Å². The van der Waals surface area contributed by atoms with Crippen molar-refractivity contribution in [3.63, 3.8) is 0 Å². The summed E-state index contributed by atoms with van der Waals surface area (Å²) >= 11 is 1.17. The van der Waals surface area contributed by atoms with Crippen molar-refractivity contribution in [1.29, 1.82) is 0 Å². The van der Waals surface area contributed by atoms with Gasteiger partial charge < -0.3 is 20.1 Å². The number of aliphatic hydroxyl groups excluding tert-OH is 3. The van der Waals surface area contributed by atoms with Crippen LogP contribution in [-0.2, 0) is 0 Å². The van der Waals surface area contributed by atoms with Crippen molar-refractivity contribution >= 4 is 17.4 Å². The number of ether oxygens (including phenoxy) is 1. The van der Waals surface area contributed by atoms with Crippen molar-refractivity contribution in [3.05, 3.63) is 34.4 Å². The highest BCUT2D eigenvalue weighted by molar-refractivity contribution is 7.99. The van der Waals surface area contributed by atoms with Gasteiger partial charge in [0.1, 0.15) is 18.0 Å². The first kappa shape index (κ1) is 14.1. The molecule has 1 saturated heterocycles. The molecule has 19 heavy (non-hydrogen) atoms. The zero-order valence-electron chi connectivity index (χ0n) is 9.75. The van der Waals surface area contributed by atoms with E-state index >= 15 is 0 Å². The summed E-state index contributed by atoms with van der Waals surface area (Å²) in [4.78, 5) is 9.97. The molecule has 1 aliphatic heterocycles. The van der Waals surface area contributed by atoms with Crippen molar-refractivity contribution in [3.8, 4) is 5.75 Å². The molecule has 1 heterocycles. The van der Waals surface area contributed by atoms with Gasteiger partial charge in [-0.3, -0.25) is 10.1 Å². The number of rotatable bonds is 3. The highest BCUT2D eigenvalue weighted by Gasteiger charge is 2.38. The van der Waals surface area contributed by atoms with Crippen LogP contribution in [-0.4, -0.2) is 49.7 Å². The van der Waals surface area contributed by atoms with Gasteiger partial charge in [-0.1, -0.05) is 0 Å². The Morgan fingerprint density at radius 3 is 2.42 bits per heavy atom. The van der Waals surface area contributed by atoms with E-state index in [0.29, 0.717) is 5.75 Å². The molecule has 0 saturated carbocycles. The van der Waals surface area contributed by atoms with Crippen LogP contribution in [0, 0.1) is 10.1 Å². The van der Waals surface area contributed by atoms with Crippen LogP contribution < -0.4 is 4.74 Å². The Balaban J connectivity index is 2.03. The molecule has 1 aliphatic rings. The third-order valence-corrected chi connectivity index (χ3v) is 3.99. The predicted octanol–water partition coefficient (Wildman–Crippen LogP) is 0.129. The van der Waals surface area contributed by atoms with E-state index in [2.05, 4.69) is 0 Å². The second-order valence-corrected chi connectivity index (χ2v) is 5.25. The zero-order valence-corrected chi connectivity index (χ0v) is 10.6. The Labute approximate surface area is 113 Å². The lowest BCUT2D eigenvalue weighted by atomic mass is 10.1. The number of aliphatic hydroxyl groups is 3. The lowest BCUT2D eigenvalue weighted by Crippen LogP contribution is -2.50. The van der Waals surface area contributed by atoms with Gasteiger partial charge in [0, 0.05) is 17.9 Å². The number of nitrogens with zero attached hydrogens (tertiary/aromatic N) is 1. The molecule has 0 bridgehead atoms. The Morgan fingerprint density at radius 1 is 1.21 bits per heavy atom. The molecule has 0 spiro atoms. The molecule has 2 rings (SSSR count). The van der Waals surface area contributed by atoms with Gasteiger partial charge in [0.15, 0.2) is 5.44 Å². The van der Waals surface area contributed by atoms with Gasteiger partial charge in [-0.15, -0.1) is 11.8 Å². The number of non-ortho nitro benzene ring substituents is 1.